The van der Waals surface area contributed by atoms with E-state index in [1.807, 2.05) is 29.2 Å². The van der Waals surface area contributed by atoms with Crippen molar-refractivity contribution in [3.05, 3.63) is 59.7 Å². The standard InChI is InChI=1S/C24H30N2O5S/c1-30-21-9-2-6-18(15-21)14-20-8-4-12-26(20)24(27)19-7-3-11-23(16-19)32(28,29)25-17-22-10-5-13-31-22/h2-3,6-7,9,11,15-16,20,22,25H,4-5,8,10,12-14,17H2,1H3. The van der Waals surface area contributed by atoms with E-state index < -0.39 is 10.0 Å². The maximum absolute atomic E-state index is 13.3. The number of ether oxygens (including phenoxy) is 2. The quantitative estimate of drug-likeness (QED) is 0.657. The van der Waals surface area contributed by atoms with Crippen LogP contribution < -0.4 is 9.46 Å². The molecule has 2 heterocycles. The molecule has 2 aromatic carbocycles. The highest BCUT2D eigenvalue weighted by atomic mass is 32.2. The second-order valence-electron chi connectivity index (χ2n) is 8.37. The summed E-state index contributed by atoms with van der Waals surface area (Å²) in [6, 6.07) is 14.3. The molecule has 4 rings (SSSR count). The van der Waals surface area contributed by atoms with Crippen molar-refractivity contribution in [2.75, 3.05) is 26.8 Å². The Bertz CT molecular complexity index is 1050. The van der Waals surface area contributed by atoms with Gasteiger partial charge in [0, 0.05) is 31.3 Å². The first kappa shape index (κ1) is 22.8. The molecule has 0 bridgehead atoms. The fraction of sp³-hybridized carbons (Fsp3) is 0.458. The van der Waals surface area contributed by atoms with E-state index in [1.54, 1.807) is 19.2 Å². The van der Waals surface area contributed by atoms with Gasteiger partial charge in [-0.3, -0.25) is 4.79 Å². The lowest BCUT2D eigenvalue weighted by Crippen LogP contribution is -2.37. The van der Waals surface area contributed by atoms with E-state index in [4.69, 9.17) is 9.47 Å². The minimum absolute atomic E-state index is 0.0764. The Morgan fingerprint density at radius 1 is 1.16 bits per heavy atom. The van der Waals surface area contributed by atoms with Gasteiger partial charge in [0.15, 0.2) is 0 Å². The SMILES string of the molecule is COc1cccc(CC2CCCN2C(=O)c2cccc(S(=O)(=O)NCC3CCCO3)c2)c1. The van der Waals surface area contributed by atoms with Crippen LogP contribution in [-0.4, -0.2) is 58.2 Å². The first-order valence-corrected chi connectivity index (χ1v) is 12.6. The van der Waals surface area contributed by atoms with E-state index in [1.165, 1.54) is 12.1 Å². The van der Waals surface area contributed by atoms with Gasteiger partial charge in [0.05, 0.1) is 18.1 Å². The Kier molecular flexibility index (Phi) is 7.13. The lowest BCUT2D eigenvalue weighted by atomic mass is 10.0. The molecule has 0 radical (unpaired) electrons. The topological polar surface area (TPSA) is 84.9 Å². The van der Waals surface area contributed by atoms with E-state index >= 15 is 0 Å². The molecule has 0 saturated carbocycles. The molecule has 32 heavy (non-hydrogen) atoms. The summed E-state index contributed by atoms with van der Waals surface area (Å²) >= 11 is 0. The van der Waals surface area contributed by atoms with Crippen LogP contribution in [0.25, 0.3) is 0 Å². The van der Waals surface area contributed by atoms with E-state index in [0.717, 1.165) is 43.4 Å². The number of hydrogen-bond acceptors (Lipinski definition) is 5. The molecule has 2 unspecified atom stereocenters. The van der Waals surface area contributed by atoms with Gasteiger partial charge in [0.2, 0.25) is 10.0 Å². The normalized spacial score (nSPS) is 21.1. The summed E-state index contributed by atoms with van der Waals surface area (Å²) in [6.07, 6.45) is 4.31. The number of methoxy groups -OCH3 is 1. The van der Waals surface area contributed by atoms with Crippen LogP contribution in [0.15, 0.2) is 53.4 Å². The van der Waals surface area contributed by atoms with Crippen molar-refractivity contribution in [3.8, 4) is 5.75 Å². The number of nitrogens with zero attached hydrogens (tertiary/aromatic N) is 1. The molecule has 2 aliphatic rings. The summed E-state index contributed by atoms with van der Waals surface area (Å²) in [4.78, 5) is 15.3. The van der Waals surface area contributed by atoms with Crippen LogP contribution in [0, 0.1) is 0 Å². The zero-order valence-electron chi connectivity index (χ0n) is 18.3. The highest BCUT2D eigenvalue weighted by Gasteiger charge is 2.30. The minimum atomic E-state index is -3.71. The molecule has 172 valence electrons. The number of rotatable bonds is 8. The fourth-order valence-electron chi connectivity index (χ4n) is 4.44. The van der Waals surface area contributed by atoms with Crippen LogP contribution in [0.5, 0.6) is 5.75 Å². The molecule has 0 spiro atoms. The number of carbonyl (C=O) groups excluding carboxylic acids is 1. The third kappa shape index (κ3) is 5.31. The summed E-state index contributed by atoms with van der Waals surface area (Å²) in [5, 5.41) is 0. The molecule has 2 aromatic rings. The Morgan fingerprint density at radius 3 is 2.78 bits per heavy atom. The van der Waals surface area contributed by atoms with Gasteiger partial charge in [0.1, 0.15) is 5.75 Å². The van der Waals surface area contributed by atoms with Crippen molar-refractivity contribution in [1.29, 1.82) is 0 Å². The molecule has 2 fully saturated rings. The molecule has 7 nitrogen and oxygen atoms in total. The van der Waals surface area contributed by atoms with Gasteiger partial charge >= 0.3 is 0 Å². The smallest absolute Gasteiger partial charge is 0.254 e. The monoisotopic (exact) mass is 458 g/mol. The lowest BCUT2D eigenvalue weighted by molar-refractivity contribution is 0.0736. The molecular formula is C24H30N2O5S. The zero-order chi connectivity index (χ0) is 22.6. The minimum Gasteiger partial charge on any atom is -0.497 e. The highest BCUT2D eigenvalue weighted by molar-refractivity contribution is 7.89. The van der Waals surface area contributed by atoms with Crippen molar-refractivity contribution >= 4 is 15.9 Å². The molecule has 2 atom stereocenters. The van der Waals surface area contributed by atoms with Crippen molar-refractivity contribution in [1.82, 2.24) is 9.62 Å². The van der Waals surface area contributed by atoms with E-state index in [-0.39, 0.29) is 29.5 Å². The van der Waals surface area contributed by atoms with Crippen LogP contribution in [0.4, 0.5) is 0 Å². The Balaban J connectivity index is 1.46. The molecule has 8 heteroatoms. The van der Waals surface area contributed by atoms with E-state index in [0.29, 0.717) is 18.7 Å². The summed E-state index contributed by atoms with van der Waals surface area (Å²) in [7, 11) is -2.07. The molecule has 2 aliphatic heterocycles. The van der Waals surface area contributed by atoms with Gasteiger partial charge in [-0.2, -0.15) is 0 Å². The molecular weight excluding hydrogens is 428 g/mol. The second-order valence-corrected chi connectivity index (χ2v) is 10.1. The van der Waals surface area contributed by atoms with E-state index in [2.05, 4.69) is 4.72 Å². The zero-order valence-corrected chi connectivity index (χ0v) is 19.1. The predicted molar refractivity (Wildman–Crippen MR) is 121 cm³/mol. The van der Waals surface area contributed by atoms with Gasteiger partial charge in [0.25, 0.3) is 5.91 Å². The van der Waals surface area contributed by atoms with Crippen molar-refractivity contribution in [3.63, 3.8) is 0 Å². The Hall–Kier alpha value is -2.42. The molecule has 2 saturated heterocycles. The maximum atomic E-state index is 13.3. The molecule has 1 N–H and O–H groups in total. The third-order valence-corrected chi connectivity index (χ3v) is 7.58. The average Bonchev–Trinajstić information content (AvgIpc) is 3.50. The highest BCUT2D eigenvalue weighted by Crippen LogP contribution is 2.25. The van der Waals surface area contributed by atoms with Gasteiger partial charge in [-0.25, -0.2) is 13.1 Å². The number of benzene rings is 2. The fourth-order valence-corrected chi connectivity index (χ4v) is 5.55. The third-order valence-electron chi connectivity index (χ3n) is 6.16. The molecule has 0 aromatic heterocycles. The molecule has 0 aliphatic carbocycles. The van der Waals surface area contributed by atoms with Gasteiger partial charge in [-0.15, -0.1) is 0 Å². The predicted octanol–water partition coefficient (Wildman–Crippen LogP) is 3.00. The summed E-state index contributed by atoms with van der Waals surface area (Å²) in [6.45, 7) is 1.58. The first-order chi connectivity index (χ1) is 15.5. The number of nitrogens with one attached hydrogen (secondary N) is 1. The van der Waals surface area contributed by atoms with Gasteiger partial charge in [-0.1, -0.05) is 18.2 Å². The van der Waals surface area contributed by atoms with Crippen LogP contribution in [0.1, 0.15) is 41.6 Å². The van der Waals surface area contributed by atoms with Gasteiger partial charge < -0.3 is 14.4 Å². The lowest BCUT2D eigenvalue weighted by Gasteiger charge is -2.25. The largest absolute Gasteiger partial charge is 0.497 e. The number of carbonyl (C=O) groups is 1. The summed E-state index contributed by atoms with van der Waals surface area (Å²) in [5.74, 6) is 0.665. The van der Waals surface area contributed by atoms with Crippen LogP contribution in [0.2, 0.25) is 0 Å². The van der Waals surface area contributed by atoms with Crippen molar-refractivity contribution < 1.29 is 22.7 Å². The Morgan fingerprint density at radius 2 is 2.00 bits per heavy atom. The summed E-state index contributed by atoms with van der Waals surface area (Å²) < 4.78 is 38.9. The maximum Gasteiger partial charge on any atom is 0.254 e. The van der Waals surface area contributed by atoms with Gasteiger partial charge in [-0.05, 0) is 68.0 Å². The number of amides is 1. The summed E-state index contributed by atoms with van der Waals surface area (Å²) in [5.41, 5.74) is 1.51. The van der Waals surface area contributed by atoms with Crippen LogP contribution >= 0.6 is 0 Å². The van der Waals surface area contributed by atoms with Crippen LogP contribution in [0.3, 0.4) is 0 Å². The van der Waals surface area contributed by atoms with Crippen LogP contribution in [-0.2, 0) is 21.2 Å². The number of hydrogen-bond donors (Lipinski definition) is 1. The van der Waals surface area contributed by atoms with Crippen molar-refractivity contribution in [2.24, 2.45) is 0 Å². The number of sulfonamides is 1. The Labute approximate surface area is 189 Å². The van der Waals surface area contributed by atoms with Crippen molar-refractivity contribution in [2.45, 2.75) is 49.1 Å². The second kappa shape index (κ2) is 10.0. The van der Waals surface area contributed by atoms with E-state index in [9.17, 15) is 13.2 Å². The molecule has 1 amide bonds. The number of likely N-dealkylation sites (tertiary alicyclic amines) is 1. The average molecular weight is 459 g/mol. The first-order valence-electron chi connectivity index (χ1n) is 11.1.